The number of aliphatic hydroxyl groups excluding tert-OH is 3. The molecule has 7 nitrogen and oxygen atoms in total. The van der Waals surface area contributed by atoms with Gasteiger partial charge in [0.25, 0.3) is 0 Å². The second kappa shape index (κ2) is 34.7. The molecule has 0 aliphatic heterocycles. The highest BCUT2D eigenvalue weighted by Crippen LogP contribution is 2.24. The van der Waals surface area contributed by atoms with E-state index in [1.807, 2.05) is 6.92 Å². The Balaban J connectivity index is 3.89. The van der Waals surface area contributed by atoms with Crippen LogP contribution in [0.1, 0.15) is 194 Å². The molecule has 0 spiro atoms. The van der Waals surface area contributed by atoms with Gasteiger partial charge in [0.2, 0.25) is 0 Å². The highest BCUT2D eigenvalue weighted by atomic mass is 16.5. The molecule has 0 aliphatic carbocycles. The van der Waals surface area contributed by atoms with E-state index in [1.54, 1.807) is 0 Å². The van der Waals surface area contributed by atoms with E-state index in [9.17, 15) is 24.9 Å². The van der Waals surface area contributed by atoms with E-state index in [4.69, 9.17) is 9.47 Å². The average Bonchev–Trinajstić information content (AvgIpc) is 3.10. The summed E-state index contributed by atoms with van der Waals surface area (Å²) in [5.74, 6) is -0.528. The van der Waals surface area contributed by atoms with Gasteiger partial charge in [-0.1, -0.05) is 135 Å². The number of hydrogen-bond donors (Lipinski definition) is 3. The first kappa shape index (κ1) is 47.3. The first-order valence-corrected chi connectivity index (χ1v) is 20.4. The molecule has 0 saturated heterocycles. The predicted octanol–water partition coefficient (Wildman–Crippen LogP) is 10.5. The van der Waals surface area contributed by atoms with Crippen LogP contribution in [-0.2, 0) is 19.1 Å². The van der Waals surface area contributed by atoms with Gasteiger partial charge in [-0.15, -0.1) is 0 Å². The van der Waals surface area contributed by atoms with E-state index in [1.165, 1.54) is 38.5 Å². The summed E-state index contributed by atoms with van der Waals surface area (Å²) in [4.78, 5) is 24.7. The molecule has 0 heterocycles. The van der Waals surface area contributed by atoms with E-state index >= 15 is 0 Å². The summed E-state index contributed by atoms with van der Waals surface area (Å²) in [6.07, 6.45) is 34.5. The maximum atomic E-state index is 12.3. The van der Waals surface area contributed by atoms with Crippen LogP contribution in [0.25, 0.3) is 0 Å². The number of carbonyl (C=O) groups excluding carboxylic acids is 2. The fourth-order valence-electron chi connectivity index (χ4n) is 5.78. The van der Waals surface area contributed by atoms with E-state index in [-0.39, 0.29) is 44.0 Å². The molecule has 0 rings (SSSR count). The summed E-state index contributed by atoms with van der Waals surface area (Å²) >= 11 is 0. The van der Waals surface area contributed by atoms with Gasteiger partial charge in [-0.2, -0.15) is 0 Å². The Labute approximate surface area is 301 Å². The Morgan fingerprint density at radius 3 is 1.33 bits per heavy atom. The number of carbonyl (C=O) groups is 2. The SMILES string of the molecule is CCCCCC[C@@H](O)C/C=C\CCCCCCCC(=O)OCC(CC)(CO)COC(=O)CCCCCCC/C=C\C[C@H](O)CCCCCC. The van der Waals surface area contributed by atoms with E-state index in [2.05, 4.69) is 38.2 Å². The van der Waals surface area contributed by atoms with Gasteiger partial charge in [0.1, 0.15) is 13.2 Å². The van der Waals surface area contributed by atoms with Crippen molar-refractivity contribution in [3.05, 3.63) is 24.3 Å². The van der Waals surface area contributed by atoms with Crippen LogP contribution in [0.4, 0.5) is 0 Å². The lowest BCUT2D eigenvalue weighted by Gasteiger charge is -2.29. The third-order valence-corrected chi connectivity index (χ3v) is 9.60. The Bertz CT molecular complexity index is 743. The molecule has 0 amide bonds. The number of hydrogen-bond acceptors (Lipinski definition) is 7. The van der Waals surface area contributed by atoms with Crippen LogP contribution in [0.15, 0.2) is 24.3 Å². The molecular formula is C42H78O7. The lowest BCUT2D eigenvalue weighted by Crippen LogP contribution is -2.37. The largest absolute Gasteiger partial charge is 0.465 e. The number of esters is 2. The zero-order valence-corrected chi connectivity index (χ0v) is 32.2. The maximum Gasteiger partial charge on any atom is 0.305 e. The van der Waals surface area contributed by atoms with Crippen molar-refractivity contribution in [2.24, 2.45) is 5.41 Å². The quantitative estimate of drug-likeness (QED) is 0.0340. The zero-order chi connectivity index (χ0) is 36.3. The first-order valence-electron chi connectivity index (χ1n) is 20.4. The minimum absolute atomic E-state index is 0.0538. The summed E-state index contributed by atoms with van der Waals surface area (Å²) in [5, 5.41) is 30.1. The molecule has 0 aliphatic rings. The van der Waals surface area contributed by atoms with E-state index < -0.39 is 5.41 Å². The fourth-order valence-corrected chi connectivity index (χ4v) is 5.78. The molecule has 3 N–H and O–H groups in total. The summed E-state index contributed by atoms with van der Waals surface area (Å²) in [7, 11) is 0. The maximum absolute atomic E-state index is 12.3. The molecule has 0 saturated carbocycles. The van der Waals surface area contributed by atoms with Gasteiger partial charge in [-0.05, 0) is 70.6 Å². The van der Waals surface area contributed by atoms with E-state index in [0.29, 0.717) is 19.3 Å². The monoisotopic (exact) mass is 695 g/mol. The van der Waals surface area contributed by atoms with Gasteiger partial charge in [0.05, 0.1) is 24.2 Å². The van der Waals surface area contributed by atoms with Crippen LogP contribution in [0, 0.1) is 5.41 Å². The molecule has 0 radical (unpaired) electrons. The van der Waals surface area contributed by atoms with Gasteiger partial charge in [0.15, 0.2) is 0 Å². The van der Waals surface area contributed by atoms with Crippen LogP contribution in [0.2, 0.25) is 0 Å². The molecule has 7 heteroatoms. The highest BCUT2D eigenvalue weighted by molar-refractivity contribution is 5.69. The van der Waals surface area contributed by atoms with E-state index in [0.717, 1.165) is 116 Å². The molecule has 0 fully saturated rings. The van der Waals surface area contributed by atoms with Gasteiger partial charge in [-0.25, -0.2) is 0 Å². The molecular weight excluding hydrogens is 616 g/mol. The van der Waals surface area contributed by atoms with Crippen molar-refractivity contribution in [1.82, 2.24) is 0 Å². The van der Waals surface area contributed by atoms with Crippen molar-refractivity contribution in [1.29, 1.82) is 0 Å². The van der Waals surface area contributed by atoms with Gasteiger partial charge >= 0.3 is 11.9 Å². The summed E-state index contributed by atoms with van der Waals surface area (Å²) in [6, 6.07) is 0. The number of aliphatic hydroxyl groups is 3. The number of ether oxygens (including phenoxy) is 2. The average molecular weight is 695 g/mol. The predicted molar refractivity (Wildman–Crippen MR) is 203 cm³/mol. The third kappa shape index (κ3) is 30.8. The zero-order valence-electron chi connectivity index (χ0n) is 32.2. The van der Waals surface area contributed by atoms with Crippen LogP contribution >= 0.6 is 0 Å². The van der Waals surface area contributed by atoms with Crippen molar-refractivity contribution >= 4 is 11.9 Å². The van der Waals surface area contributed by atoms with Crippen molar-refractivity contribution in [2.75, 3.05) is 19.8 Å². The standard InChI is InChI=1S/C42H78O7/c1-4-7-9-23-29-38(44)31-25-19-15-11-13-17-21-27-33-40(46)48-36-42(6-3,35-43)37-49-41(47)34-28-22-18-14-12-16-20-26-32-39(45)30-24-10-8-5-2/h19-20,25-26,38-39,43-45H,4-18,21-24,27-37H2,1-3H3/b25-19-,26-20-/t38-,39-/m1/s1. The molecule has 288 valence electrons. The van der Waals surface area contributed by atoms with Crippen molar-refractivity contribution in [2.45, 2.75) is 206 Å². The summed E-state index contributed by atoms with van der Waals surface area (Å²) in [5.41, 5.74) is -0.761. The lowest BCUT2D eigenvalue weighted by molar-refractivity contribution is -0.156. The lowest BCUT2D eigenvalue weighted by atomic mass is 9.88. The molecule has 0 aromatic heterocycles. The summed E-state index contributed by atoms with van der Waals surface area (Å²) in [6.45, 7) is 6.21. The molecule has 2 atom stereocenters. The Kier molecular flexibility index (Phi) is 33.5. The molecule has 0 bridgehead atoms. The number of rotatable bonds is 36. The minimum atomic E-state index is -0.761. The second-order valence-corrected chi connectivity index (χ2v) is 14.4. The summed E-state index contributed by atoms with van der Waals surface area (Å²) < 4.78 is 11.0. The first-order chi connectivity index (χ1) is 23.8. The van der Waals surface area contributed by atoms with Crippen molar-refractivity contribution in [3.8, 4) is 0 Å². The third-order valence-electron chi connectivity index (χ3n) is 9.60. The molecule has 0 unspecified atom stereocenters. The second-order valence-electron chi connectivity index (χ2n) is 14.4. The van der Waals surface area contributed by atoms with Crippen LogP contribution in [0.5, 0.6) is 0 Å². The Hall–Kier alpha value is -1.70. The van der Waals surface area contributed by atoms with Crippen LogP contribution < -0.4 is 0 Å². The van der Waals surface area contributed by atoms with Crippen molar-refractivity contribution < 1.29 is 34.4 Å². The molecule has 0 aromatic carbocycles. The smallest absolute Gasteiger partial charge is 0.305 e. The Morgan fingerprint density at radius 2 is 0.939 bits per heavy atom. The van der Waals surface area contributed by atoms with Crippen LogP contribution in [-0.4, -0.2) is 59.3 Å². The van der Waals surface area contributed by atoms with Gasteiger partial charge in [0, 0.05) is 12.8 Å². The molecule has 49 heavy (non-hydrogen) atoms. The van der Waals surface area contributed by atoms with Crippen molar-refractivity contribution in [3.63, 3.8) is 0 Å². The fraction of sp³-hybridized carbons (Fsp3) is 0.857. The van der Waals surface area contributed by atoms with Gasteiger partial charge < -0.3 is 24.8 Å². The normalized spacial score (nSPS) is 13.3. The van der Waals surface area contributed by atoms with Gasteiger partial charge in [-0.3, -0.25) is 9.59 Å². The highest BCUT2D eigenvalue weighted by Gasteiger charge is 2.31. The van der Waals surface area contributed by atoms with Crippen LogP contribution in [0.3, 0.4) is 0 Å². The molecule has 0 aromatic rings. The number of unbranched alkanes of at least 4 members (excludes halogenated alkanes) is 16. The Morgan fingerprint density at radius 1 is 0.551 bits per heavy atom. The minimum Gasteiger partial charge on any atom is -0.465 e. The number of allylic oxidation sites excluding steroid dienone is 2. The topological polar surface area (TPSA) is 113 Å².